The molecule has 2 aliphatic rings. The number of amides is 3. The quantitative estimate of drug-likeness (QED) is 0.0255. The molecule has 2 aliphatic heterocycles. The second kappa shape index (κ2) is 29.3. The topological polar surface area (TPSA) is 170 Å². The van der Waals surface area contributed by atoms with Gasteiger partial charge in [0.05, 0.1) is 32.5 Å². The Labute approximate surface area is 477 Å². The molecule has 7 aromatic rings. The van der Waals surface area contributed by atoms with E-state index in [9.17, 15) is 28.8 Å². The van der Waals surface area contributed by atoms with Crippen molar-refractivity contribution in [2.45, 2.75) is 94.0 Å². The minimum atomic E-state index is -1.25. The molecule has 15 heteroatoms. The second-order valence-electron chi connectivity index (χ2n) is 20.1. The van der Waals surface area contributed by atoms with Crippen LogP contribution in [-0.2, 0) is 69.3 Å². The molecule has 3 amide bonds. The van der Waals surface area contributed by atoms with E-state index >= 15 is 0 Å². The highest BCUT2D eigenvalue weighted by Crippen LogP contribution is 2.32. The number of nitrogens with zero attached hydrogens (tertiary/aromatic N) is 2. The van der Waals surface area contributed by atoms with Gasteiger partial charge in [-0.05, 0) is 101 Å². The van der Waals surface area contributed by atoms with Gasteiger partial charge in [0.1, 0.15) is 19.3 Å². The summed E-state index contributed by atoms with van der Waals surface area (Å²) in [5, 5.41) is 5.75. The Hall–Kier alpha value is -8.21. The summed E-state index contributed by atoms with van der Waals surface area (Å²) in [6, 6.07) is 57.0. The standard InChI is InChI=1S/C66H66N4O10S/c71-61(55-33-31-53(32-34-55)51-21-9-3-10-22-51)64(74)69-39-15-13-25-59(69)62(72)67-57(45-77-41-47-17-5-1-6-18-47)65(75)79-43-49-27-29-50(30-28-49)44-80-66(76)58(46-78-42-48-19-7-2-8-20-48)68-63(73)60-26-14-16-40-70(60)81-56-37-35-54(36-38-56)52-23-11-4-12-24-52/h1-12,17-24,27-38,57-60H,13-16,25-26,39-46H2,(H,67,72)(H,68,73)/t57-,58?,59?,60?/m0/s1. The third-order valence-corrected chi connectivity index (χ3v) is 15.4. The Kier molecular flexibility index (Phi) is 20.8. The minimum absolute atomic E-state index is 0.103. The van der Waals surface area contributed by atoms with E-state index in [4.69, 9.17) is 18.9 Å². The lowest BCUT2D eigenvalue weighted by Gasteiger charge is -2.35. The van der Waals surface area contributed by atoms with Gasteiger partial charge in [0, 0.05) is 23.5 Å². The van der Waals surface area contributed by atoms with Crippen LogP contribution in [0.4, 0.5) is 0 Å². The van der Waals surface area contributed by atoms with Crippen LogP contribution in [-0.4, -0.2) is 95.1 Å². The number of carbonyl (C=O) groups excluding carboxylic acids is 6. The number of Topliss-reactive ketones (excluding diaryl/α,β-unsaturated/α-hetero) is 1. The van der Waals surface area contributed by atoms with Gasteiger partial charge in [-0.15, -0.1) is 0 Å². The number of hydrogen-bond acceptors (Lipinski definition) is 12. The van der Waals surface area contributed by atoms with Crippen molar-refractivity contribution < 1.29 is 47.7 Å². The van der Waals surface area contributed by atoms with Gasteiger partial charge < -0.3 is 34.5 Å². The average Bonchev–Trinajstić information content (AvgIpc) is 3.58. The van der Waals surface area contributed by atoms with Crippen molar-refractivity contribution in [3.8, 4) is 22.3 Å². The number of hydrogen-bond donors (Lipinski definition) is 2. The summed E-state index contributed by atoms with van der Waals surface area (Å²) in [7, 11) is 0. The Morgan fingerprint density at radius 1 is 0.444 bits per heavy atom. The van der Waals surface area contributed by atoms with Crippen molar-refractivity contribution in [3.05, 3.63) is 222 Å². The number of nitrogens with one attached hydrogen (secondary N) is 2. The van der Waals surface area contributed by atoms with Crippen LogP contribution >= 0.6 is 11.9 Å². The summed E-state index contributed by atoms with van der Waals surface area (Å²) in [6.45, 7) is 0.715. The lowest BCUT2D eigenvalue weighted by Crippen LogP contribution is -2.57. The van der Waals surface area contributed by atoms with Gasteiger partial charge in [-0.1, -0.05) is 188 Å². The van der Waals surface area contributed by atoms with E-state index < -0.39 is 53.7 Å². The maximum atomic E-state index is 14.1. The number of benzene rings is 7. The van der Waals surface area contributed by atoms with Gasteiger partial charge in [0.2, 0.25) is 17.6 Å². The third-order valence-electron chi connectivity index (χ3n) is 14.2. The van der Waals surface area contributed by atoms with Crippen LogP contribution in [0.3, 0.4) is 0 Å². The minimum Gasteiger partial charge on any atom is -0.459 e. The first kappa shape index (κ1) is 57.5. The van der Waals surface area contributed by atoms with E-state index in [2.05, 4.69) is 51.3 Å². The van der Waals surface area contributed by atoms with Crippen LogP contribution < -0.4 is 10.6 Å². The van der Waals surface area contributed by atoms with Gasteiger partial charge in [0.25, 0.3) is 5.91 Å². The van der Waals surface area contributed by atoms with Crippen molar-refractivity contribution in [3.63, 3.8) is 0 Å². The number of ether oxygens (including phenoxy) is 4. The van der Waals surface area contributed by atoms with Crippen LogP contribution in [0.1, 0.15) is 71.1 Å². The van der Waals surface area contributed by atoms with Crippen LogP contribution in [0.5, 0.6) is 0 Å². The molecule has 0 spiro atoms. The first-order valence-electron chi connectivity index (χ1n) is 27.5. The molecule has 0 radical (unpaired) electrons. The van der Waals surface area contributed by atoms with Crippen LogP contribution in [0.15, 0.2) is 199 Å². The molecule has 2 heterocycles. The highest BCUT2D eigenvalue weighted by atomic mass is 32.2. The fourth-order valence-corrected chi connectivity index (χ4v) is 10.8. The number of piperidine rings is 2. The summed E-state index contributed by atoms with van der Waals surface area (Å²) in [4.78, 5) is 85.6. The molecule has 416 valence electrons. The van der Waals surface area contributed by atoms with E-state index in [0.717, 1.165) is 51.1 Å². The van der Waals surface area contributed by atoms with Gasteiger partial charge in [-0.3, -0.25) is 19.2 Å². The highest BCUT2D eigenvalue weighted by molar-refractivity contribution is 7.97. The normalized spacial score (nSPS) is 16.1. The molecular formula is C66H66N4O10S. The molecule has 14 nitrogen and oxygen atoms in total. The van der Waals surface area contributed by atoms with Crippen molar-refractivity contribution in [1.82, 2.24) is 19.8 Å². The number of ketones is 1. The fraction of sp³-hybridized carbons (Fsp3) is 0.273. The van der Waals surface area contributed by atoms with E-state index in [1.807, 2.05) is 109 Å². The van der Waals surface area contributed by atoms with Crippen LogP contribution in [0.2, 0.25) is 0 Å². The lowest BCUT2D eigenvalue weighted by molar-refractivity contribution is -0.152. The van der Waals surface area contributed by atoms with Gasteiger partial charge in [-0.2, -0.15) is 0 Å². The van der Waals surface area contributed by atoms with Gasteiger partial charge in [0.15, 0.2) is 12.1 Å². The summed E-state index contributed by atoms with van der Waals surface area (Å²) < 4.78 is 25.6. The van der Waals surface area contributed by atoms with Crippen LogP contribution in [0.25, 0.3) is 22.3 Å². The number of rotatable bonds is 24. The lowest BCUT2D eigenvalue weighted by atomic mass is 9.98. The fourth-order valence-electron chi connectivity index (χ4n) is 9.75. The Balaban J connectivity index is 0.801. The summed E-state index contributed by atoms with van der Waals surface area (Å²) >= 11 is 1.53. The molecular weight excluding hydrogens is 1040 g/mol. The summed E-state index contributed by atoms with van der Waals surface area (Å²) in [6.07, 6.45) is 3.99. The van der Waals surface area contributed by atoms with E-state index in [1.54, 1.807) is 48.5 Å². The highest BCUT2D eigenvalue weighted by Gasteiger charge is 2.38. The van der Waals surface area contributed by atoms with E-state index in [1.165, 1.54) is 16.8 Å². The van der Waals surface area contributed by atoms with E-state index in [-0.39, 0.29) is 57.7 Å². The van der Waals surface area contributed by atoms with Crippen molar-refractivity contribution in [1.29, 1.82) is 0 Å². The monoisotopic (exact) mass is 1110 g/mol. The molecule has 0 aromatic heterocycles. The zero-order valence-electron chi connectivity index (χ0n) is 45.1. The second-order valence-corrected chi connectivity index (χ2v) is 21.2. The number of carbonyl (C=O) groups is 6. The molecule has 2 N–H and O–H groups in total. The molecule has 4 atom stereocenters. The first-order valence-corrected chi connectivity index (χ1v) is 28.3. The predicted molar refractivity (Wildman–Crippen MR) is 310 cm³/mol. The molecule has 0 aliphatic carbocycles. The van der Waals surface area contributed by atoms with E-state index in [0.29, 0.717) is 43.4 Å². The zero-order valence-corrected chi connectivity index (χ0v) is 45.9. The molecule has 2 saturated heterocycles. The molecule has 7 aromatic carbocycles. The molecule has 3 unspecified atom stereocenters. The first-order chi connectivity index (χ1) is 39.6. The third kappa shape index (κ3) is 16.5. The Bertz CT molecular complexity index is 3170. The van der Waals surface area contributed by atoms with Gasteiger partial charge in [-0.25, -0.2) is 13.9 Å². The van der Waals surface area contributed by atoms with Crippen molar-refractivity contribution >= 4 is 47.4 Å². The molecule has 81 heavy (non-hydrogen) atoms. The van der Waals surface area contributed by atoms with Gasteiger partial charge >= 0.3 is 11.9 Å². The molecule has 0 bridgehead atoms. The van der Waals surface area contributed by atoms with Crippen LogP contribution in [0, 0.1) is 0 Å². The molecule has 9 rings (SSSR count). The zero-order chi connectivity index (χ0) is 56.2. The predicted octanol–water partition coefficient (Wildman–Crippen LogP) is 10.3. The molecule has 2 fully saturated rings. The SMILES string of the molecule is O=C(C(=O)N1CCCCC1C(=O)N[C@@H](COCc1ccccc1)C(=O)OCc1ccc(COC(=O)C(COCc2ccccc2)NC(=O)C2CCCCN2Sc2ccc(-c3ccccc3)cc2)cc1)c1ccc(-c2ccccc2)cc1. The Morgan fingerprint density at radius 2 is 0.852 bits per heavy atom. The molecule has 0 saturated carbocycles. The summed E-state index contributed by atoms with van der Waals surface area (Å²) in [5.41, 5.74) is 7.36. The smallest absolute Gasteiger partial charge is 0.331 e. The number of esters is 2. The maximum Gasteiger partial charge on any atom is 0.331 e. The summed E-state index contributed by atoms with van der Waals surface area (Å²) in [5.74, 6) is -3.80. The largest absolute Gasteiger partial charge is 0.459 e. The average molecular weight is 1110 g/mol. The van der Waals surface area contributed by atoms with Crippen molar-refractivity contribution in [2.75, 3.05) is 26.3 Å². The number of likely N-dealkylation sites (tertiary alicyclic amines) is 1. The van der Waals surface area contributed by atoms with Crippen molar-refractivity contribution in [2.24, 2.45) is 0 Å². The maximum absolute atomic E-state index is 14.1. The Morgan fingerprint density at radius 3 is 1.35 bits per heavy atom.